The molecule has 0 N–H and O–H groups in total. The number of benzene rings is 2. The first-order chi connectivity index (χ1) is 16.0. The molecule has 0 aliphatic carbocycles. The lowest BCUT2D eigenvalue weighted by atomic mass is 9.88. The molecule has 1 fully saturated rings. The van der Waals surface area contributed by atoms with Crippen LogP contribution in [0.25, 0.3) is 0 Å². The molecule has 2 aromatic carbocycles. The number of sulfonamides is 1. The van der Waals surface area contributed by atoms with Gasteiger partial charge in [0.1, 0.15) is 5.75 Å². The summed E-state index contributed by atoms with van der Waals surface area (Å²) in [5.41, 5.74) is 1.33. The van der Waals surface area contributed by atoms with E-state index in [1.54, 1.807) is 64.1 Å². The van der Waals surface area contributed by atoms with Crippen LogP contribution in [-0.4, -0.2) is 48.2 Å². The van der Waals surface area contributed by atoms with Gasteiger partial charge in [0.05, 0.1) is 17.0 Å². The Morgan fingerprint density at radius 2 is 1.88 bits per heavy atom. The molecule has 3 aromatic rings. The number of ether oxygens (including phenoxy) is 1. The normalized spacial score (nSPS) is 21.3. The van der Waals surface area contributed by atoms with Crippen LogP contribution in [0.4, 0.5) is 0 Å². The number of carbonyl (C=O) groups is 1. The van der Waals surface area contributed by atoms with Gasteiger partial charge in [-0.05, 0) is 60.9 Å². The van der Waals surface area contributed by atoms with Gasteiger partial charge in [0, 0.05) is 37.6 Å². The van der Waals surface area contributed by atoms with Gasteiger partial charge < -0.3 is 9.64 Å². The third-order valence-corrected chi connectivity index (χ3v) is 8.40. The first-order valence-electron chi connectivity index (χ1n) is 11.0. The van der Waals surface area contributed by atoms with Crippen molar-refractivity contribution in [3.8, 4) is 5.75 Å². The van der Waals surface area contributed by atoms with Crippen molar-refractivity contribution in [2.75, 3.05) is 19.7 Å². The minimum absolute atomic E-state index is 0.113. The molecule has 1 atom stereocenters. The van der Waals surface area contributed by atoms with E-state index in [4.69, 9.17) is 4.74 Å². The Morgan fingerprint density at radius 3 is 2.61 bits per heavy atom. The Hall–Kier alpha value is -3.23. The van der Waals surface area contributed by atoms with E-state index in [0.29, 0.717) is 42.3 Å². The van der Waals surface area contributed by atoms with E-state index in [1.807, 2.05) is 25.1 Å². The lowest BCUT2D eigenvalue weighted by molar-refractivity contribution is 0.0762. The van der Waals surface area contributed by atoms with Crippen LogP contribution in [0.2, 0.25) is 0 Å². The first kappa shape index (κ1) is 21.6. The second-order valence-electron chi connectivity index (χ2n) is 8.33. The summed E-state index contributed by atoms with van der Waals surface area (Å²) in [4.78, 5) is 19.5. The number of fused-ring (bicyclic) bond motifs is 2. The summed E-state index contributed by atoms with van der Waals surface area (Å²) in [7, 11) is -3.71. The fourth-order valence-electron chi connectivity index (χ4n) is 4.89. The molecule has 1 amide bonds. The number of rotatable bonds is 5. The van der Waals surface area contributed by atoms with Gasteiger partial charge in [-0.2, -0.15) is 4.31 Å². The van der Waals surface area contributed by atoms with Gasteiger partial charge in [0.15, 0.2) is 0 Å². The summed E-state index contributed by atoms with van der Waals surface area (Å²) >= 11 is 0. The second kappa shape index (κ2) is 8.28. The van der Waals surface area contributed by atoms with Crippen LogP contribution in [0.5, 0.6) is 5.75 Å². The lowest BCUT2D eigenvalue weighted by Gasteiger charge is -2.34. The van der Waals surface area contributed by atoms with Crippen molar-refractivity contribution in [1.82, 2.24) is 14.2 Å². The Bertz CT molecular complexity index is 1280. The maximum absolute atomic E-state index is 13.6. The van der Waals surface area contributed by atoms with Crippen molar-refractivity contribution in [1.29, 1.82) is 0 Å². The van der Waals surface area contributed by atoms with Crippen LogP contribution < -0.4 is 4.74 Å². The summed E-state index contributed by atoms with van der Waals surface area (Å²) < 4.78 is 34.2. The van der Waals surface area contributed by atoms with Crippen LogP contribution >= 0.6 is 0 Å². The number of hydrogen-bond acceptors (Lipinski definition) is 5. The lowest BCUT2D eigenvalue weighted by Crippen LogP contribution is -2.46. The van der Waals surface area contributed by atoms with E-state index in [9.17, 15) is 13.2 Å². The fraction of sp³-hybridized carbons (Fsp3) is 0.280. The molecule has 0 radical (unpaired) electrons. The summed E-state index contributed by atoms with van der Waals surface area (Å²) in [6, 6.07) is 17.9. The van der Waals surface area contributed by atoms with E-state index in [2.05, 4.69) is 4.98 Å². The standard InChI is InChI=1S/C25H25N3O4S/c1-2-32-21-11-9-20(10-12-21)24(29)27-15-13-25(18-27)22-7-3-4-8-23(22)33(30,31)28(25)17-19-6-5-14-26-16-19/h3-12,14,16H,2,13,15,17-18H2,1H3/t25-/m0/s1. The molecular formula is C25H25N3O4S. The first-order valence-corrected chi connectivity index (χ1v) is 12.4. The van der Waals surface area contributed by atoms with Gasteiger partial charge >= 0.3 is 0 Å². The predicted octanol–water partition coefficient (Wildman–Crippen LogP) is 3.43. The van der Waals surface area contributed by atoms with Crippen molar-refractivity contribution >= 4 is 15.9 Å². The SMILES string of the molecule is CCOc1ccc(C(=O)N2CC[C@]3(C2)c2ccccc2S(=O)(=O)N3Cc2cccnc2)cc1. The molecule has 170 valence electrons. The molecule has 0 unspecified atom stereocenters. The van der Waals surface area contributed by atoms with Crippen molar-refractivity contribution < 1.29 is 17.9 Å². The topological polar surface area (TPSA) is 79.8 Å². The highest BCUT2D eigenvalue weighted by Gasteiger charge is 2.57. The molecule has 5 rings (SSSR count). The third-order valence-electron chi connectivity index (χ3n) is 6.43. The second-order valence-corrected chi connectivity index (χ2v) is 10.2. The highest BCUT2D eigenvalue weighted by atomic mass is 32.2. The number of carbonyl (C=O) groups excluding carboxylic acids is 1. The highest BCUT2D eigenvalue weighted by molar-refractivity contribution is 7.89. The van der Waals surface area contributed by atoms with E-state index >= 15 is 0 Å². The van der Waals surface area contributed by atoms with Crippen LogP contribution in [0.1, 0.15) is 34.8 Å². The average molecular weight is 464 g/mol. The molecule has 3 heterocycles. The number of nitrogens with zero attached hydrogens (tertiary/aromatic N) is 3. The molecule has 8 heteroatoms. The average Bonchev–Trinajstić information content (AvgIpc) is 3.35. The summed E-state index contributed by atoms with van der Waals surface area (Å²) in [6.45, 7) is 3.45. The Kier molecular flexibility index (Phi) is 5.42. The minimum Gasteiger partial charge on any atom is -0.494 e. The molecule has 1 saturated heterocycles. The number of hydrogen-bond donors (Lipinski definition) is 0. The maximum Gasteiger partial charge on any atom is 0.253 e. The quantitative estimate of drug-likeness (QED) is 0.579. The monoisotopic (exact) mass is 463 g/mol. The molecule has 0 bridgehead atoms. The highest BCUT2D eigenvalue weighted by Crippen LogP contribution is 2.50. The van der Waals surface area contributed by atoms with Gasteiger partial charge in [-0.1, -0.05) is 24.3 Å². The van der Waals surface area contributed by atoms with Gasteiger partial charge in [-0.3, -0.25) is 9.78 Å². The predicted molar refractivity (Wildman–Crippen MR) is 123 cm³/mol. The summed E-state index contributed by atoms with van der Waals surface area (Å²) in [6.07, 6.45) is 3.88. The molecule has 1 aromatic heterocycles. The Morgan fingerprint density at radius 1 is 1.09 bits per heavy atom. The molecule has 2 aliphatic heterocycles. The van der Waals surface area contributed by atoms with E-state index in [-0.39, 0.29) is 12.5 Å². The number of aromatic nitrogens is 1. The fourth-order valence-corrected chi connectivity index (χ4v) is 6.94. The molecule has 0 saturated carbocycles. The zero-order valence-corrected chi connectivity index (χ0v) is 19.2. The van der Waals surface area contributed by atoms with Gasteiger partial charge in [-0.15, -0.1) is 0 Å². The van der Waals surface area contributed by atoms with Crippen LogP contribution in [0, 0.1) is 0 Å². The van der Waals surface area contributed by atoms with Gasteiger partial charge in [0.25, 0.3) is 5.91 Å². The number of likely N-dealkylation sites (tertiary alicyclic amines) is 1. The zero-order valence-electron chi connectivity index (χ0n) is 18.3. The van der Waals surface area contributed by atoms with E-state index in [1.165, 1.54) is 0 Å². The van der Waals surface area contributed by atoms with Crippen LogP contribution in [0.3, 0.4) is 0 Å². The van der Waals surface area contributed by atoms with Gasteiger partial charge in [-0.25, -0.2) is 8.42 Å². The molecule has 2 aliphatic rings. The van der Waals surface area contributed by atoms with Crippen LogP contribution in [-0.2, 0) is 22.1 Å². The number of pyridine rings is 1. The summed E-state index contributed by atoms with van der Waals surface area (Å²) in [5.74, 6) is 0.600. The number of amides is 1. The van der Waals surface area contributed by atoms with Crippen molar-refractivity contribution in [2.45, 2.75) is 30.3 Å². The molecule has 33 heavy (non-hydrogen) atoms. The summed E-state index contributed by atoms with van der Waals surface area (Å²) in [5, 5.41) is 0. The largest absolute Gasteiger partial charge is 0.494 e. The Balaban J connectivity index is 1.49. The smallest absolute Gasteiger partial charge is 0.253 e. The zero-order chi connectivity index (χ0) is 23.1. The van der Waals surface area contributed by atoms with Crippen molar-refractivity contribution in [3.63, 3.8) is 0 Å². The molecular weight excluding hydrogens is 438 g/mol. The maximum atomic E-state index is 13.6. The molecule has 7 nitrogen and oxygen atoms in total. The van der Waals surface area contributed by atoms with Crippen molar-refractivity contribution in [2.24, 2.45) is 0 Å². The minimum atomic E-state index is -3.71. The van der Waals surface area contributed by atoms with E-state index < -0.39 is 15.6 Å². The van der Waals surface area contributed by atoms with Crippen molar-refractivity contribution in [3.05, 3.63) is 89.7 Å². The third kappa shape index (κ3) is 3.59. The van der Waals surface area contributed by atoms with E-state index in [0.717, 1.165) is 11.1 Å². The van der Waals surface area contributed by atoms with Gasteiger partial charge in [0.2, 0.25) is 10.0 Å². The molecule has 1 spiro atoms. The Labute approximate surface area is 193 Å². The van der Waals surface area contributed by atoms with Crippen LogP contribution in [0.15, 0.2) is 78.0 Å².